The smallest absolute Gasteiger partial charge is 0.315 e. The fraction of sp³-hybridized carbons (Fsp3) is 0.619. The Kier molecular flexibility index (Phi) is 5.35. The van der Waals surface area contributed by atoms with E-state index in [1.807, 2.05) is 16.7 Å². The largest absolute Gasteiger partial charge is 0.332 e. The number of thioether (sulfide) groups is 1. The summed E-state index contributed by atoms with van der Waals surface area (Å²) in [4.78, 5) is 26.3. The first-order valence-electron chi connectivity index (χ1n) is 10.1. The third-order valence-corrected chi connectivity index (χ3v) is 7.57. The van der Waals surface area contributed by atoms with Crippen molar-refractivity contribution in [3.05, 3.63) is 28.8 Å². The van der Waals surface area contributed by atoms with E-state index < -0.39 is 0 Å². The Morgan fingerprint density at radius 2 is 2.11 bits per heavy atom. The SMILES string of the molecule is Cc1cc(C)c2c(c1)N(C(=O)CCCC[C@@H]1SC[C@@H]3NC(=O)N[C@@H]31)CCC2. The van der Waals surface area contributed by atoms with Crippen molar-refractivity contribution in [1.82, 2.24) is 10.6 Å². The van der Waals surface area contributed by atoms with Gasteiger partial charge in [0.15, 0.2) is 0 Å². The summed E-state index contributed by atoms with van der Waals surface area (Å²) in [6.07, 6.45) is 5.77. The molecule has 0 aliphatic carbocycles. The fourth-order valence-corrected chi connectivity index (χ4v) is 6.28. The summed E-state index contributed by atoms with van der Waals surface area (Å²) in [5, 5.41) is 6.50. The molecule has 3 aliphatic heterocycles. The van der Waals surface area contributed by atoms with E-state index in [4.69, 9.17) is 0 Å². The van der Waals surface area contributed by atoms with E-state index in [0.29, 0.717) is 11.7 Å². The molecule has 3 amide bonds. The maximum Gasteiger partial charge on any atom is 0.315 e. The molecule has 6 heteroatoms. The number of amides is 3. The Bertz CT molecular complexity index is 751. The minimum atomic E-state index is -0.0279. The molecule has 2 saturated heterocycles. The van der Waals surface area contributed by atoms with Gasteiger partial charge >= 0.3 is 6.03 Å². The number of anilines is 1. The van der Waals surface area contributed by atoms with Gasteiger partial charge in [-0.3, -0.25) is 4.79 Å². The number of nitrogens with zero attached hydrogens (tertiary/aromatic N) is 1. The van der Waals surface area contributed by atoms with Gasteiger partial charge in [0, 0.05) is 29.7 Å². The first-order valence-corrected chi connectivity index (χ1v) is 11.2. The highest BCUT2D eigenvalue weighted by Crippen LogP contribution is 2.34. The number of carbonyl (C=O) groups is 2. The van der Waals surface area contributed by atoms with Crippen molar-refractivity contribution in [3.63, 3.8) is 0 Å². The predicted octanol–water partition coefficient (Wildman–Crippen LogP) is 3.31. The van der Waals surface area contributed by atoms with E-state index in [1.54, 1.807) is 0 Å². The van der Waals surface area contributed by atoms with Crippen LogP contribution in [0.15, 0.2) is 12.1 Å². The van der Waals surface area contributed by atoms with Gasteiger partial charge in [0.1, 0.15) is 0 Å². The molecule has 0 saturated carbocycles. The van der Waals surface area contributed by atoms with Gasteiger partial charge in [-0.1, -0.05) is 12.5 Å². The molecule has 3 heterocycles. The third-order valence-electron chi connectivity index (χ3n) is 6.06. The predicted molar refractivity (Wildman–Crippen MR) is 111 cm³/mol. The second kappa shape index (κ2) is 7.74. The van der Waals surface area contributed by atoms with Gasteiger partial charge in [-0.05, 0) is 62.3 Å². The van der Waals surface area contributed by atoms with Crippen molar-refractivity contribution in [2.24, 2.45) is 0 Å². The molecule has 3 aliphatic rings. The number of aryl methyl sites for hydroxylation is 2. The van der Waals surface area contributed by atoms with Gasteiger partial charge in [-0.2, -0.15) is 11.8 Å². The van der Waals surface area contributed by atoms with Crippen LogP contribution >= 0.6 is 11.8 Å². The molecular weight excluding hydrogens is 358 g/mol. The van der Waals surface area contributed by atoms with Crippen LogP contribution in [0.4, 0.5) is 10.5 Å². The Balaban J connectivity index is 1.29. The van der Waals surface area contributed by atoms with Crippen molar-refractivity contribution in [3.8, 4) is 0 Å². The Labute approximate surface area is 165 Å². The van der Waals surface area contributed by atoms with Crippen LogP contribution < -0.4 is 15.5 Å². The van der Waals surface area contributed by atoms with Gasteiger partial charge in [0.25, 0.3) is 0 Å². The van der Waals surface area contributed by atoms with Crippen LogP contribution in [0.3, 0.4) is 0 Å². The zero-order valence-electron chi connectivity index (χ0n) is 16.2. The van der Waals surface area contributed by atoms with Crippen LogP contribution in [-0.4, -0.2) is 41.6 Å². The monoisotopic (exact) mass is 387 g/mol. The van der Waals surface area contributed by atoms with Crippen LogP contribution in [0.5, 0.6) is 0 Å². The minimum absolute atomic E-state index is 0.0279. The van der Waals surface area contributed by atoms with Crippen LogP contribution in [0.2, 0.25) is 0 Å². The van der Waals surface area contributed by atoms with E-state index in [-0.39, 0.29) is 24.0 Å². The molecule has 1 aromatic rings. The highest BCUT2D eigenvalue weighted by atomic mass is 32.2. The molecule has 2 fully saturated rings. The molecule has 0 bridgehead atoms. The first kappa shape index (κ1) is 18.7. The molecule has 2 N–H and O–H groups in total. The molecule has 5 nitrogen and oxygen atoms in total. The molecule has 0 radical (unpaired) electrons. The maximum absolute atomic E-state index is 12.9. The molecule has 3 atom stereocenters. The molecule has 0 unspecified atom stereocenters. The van der Waals surface area contributed by atoms with Gasteiger partial charge in [0.2, 0.25) is 5.91 Å². The van der Waals surface area contributed by atoms with Crippen molar-refractivity contribution in [2.45, 2.75) is 69.7 Å². The number of urea groups is 1. The summed E-state index contributed by atoms with van der Waals surface area (Å²) in [6.45, 7) is 5.10. The number of benzene rings is 1. The lowest BCUT2D eigenvalue weighted by atomic mass is 9.94. The lowest BCUT2D eigenvalue weighted by Crippen LogP contribution is -2.37. The number of hydrogen-bond acceptors (Lipinski definition) is 3. The molecule has 1 aromatic carbocycles. The molecule has 146 valence electrons. The normalized spacial score (nSPS) is 26.4. The summed E-state index contributed by atoms with van der Waals surface area (Å²) < 4.78 is 0. The summed E-state index contributed by atoms with van der Waals surface area (Å²) in [5.41, 5.74) is 5.02. The number of fused-ring (bicyclic) bond motifs is 2. The maximum atomic E-state index is 12.9. The molecule has 4 rings (SSSR count). The lowest BCUT2D eigenvalue weighted by Gasteiger charge is -2.31. The second-order valence-electron chi connectivity index (χ2n) is 8.10. The first-order chi connectivity index (χ1) is 13.0. The molecular formula is C21H29N3O2S. The van der Waals surface area contributed by atoms with E-state index in [0.717, 1.165) is 50.1 Å². The highest BCUT2D eigenvalue weighted by molar-refractivity contribution is 8.00. The third kappa shape index (κ3) is 3.82. The summed E-state index contributed by atoms with van der Waals surface area (Å²) in [5.74, 6) is 1.25. The summed E-state index contributed by atoms with van der Waals surface area (Å²) in [7, 11) is 0. The average molecular weight is 388 g/mol. The topological polar surface area (TPSA) is 61.4 Å². The summed E-state index contributed by atoms with van der Waals surface area (Å²) >= 11 is 1.94. The Morgan fingerprint density at radius 3 is 2.96 bits per heavy atom. The zero-order valence-corrected chi connectivity index (χ0v) is 17.0. The van der Waals surface area contributed by atoms with Crippen LogP contribution in [-0.2, 0) is 11.2 Å². The average Bonchev–Trinajstić information content (AvgIpc) is 3.17. The summed E-state index contributed by atoms with van der Waals surface area (Å²) in [6, 6.07) is 4.91. The number of nitrogens with one attached hydrogen (secondary N) is 2. The van der Waals surface area contributed by atoms with E-state index in [2.05, 4.69) is 36.6 Å². The molecule has 27 heavy (non-hydrogen) atoms. The Hall–Kier alpha value is -1.69. The molecule has 0 spiro atoms. The van der Waals surface area contributed by atoms with Gasteiger partial charge in [-0.15, -0.1) is 0 Å². The fourth-order valence-electron chi connectivity index (χ4n) is 4.73. The lowest BCUT2D eigenvalue weighted by molar-refractivity contribution is -0.118. The zero-order chi connectivity index (χ0) is 19.0. The van der Waals surface area contributed by atoms with Crippen molar-refractivity contribution in [2.75, 3.05) is 17.2 Å². The number of rotatable bonds is 5. The van der Waals surface area contributed by atoms with Crippen LogP contribution in [0.1, 0.15) is 48.8 Å². The molecule has 0 aromatic heterocycles. The Morgan fingerprint density at radius 1 is 1.26 bits per heavy atom. The van der Waals surface area contributed by atoms with Gasteiger partial charge < -0.3 is 15.5 Å². The second-order valence-corrected chi connectivity index (χ2v) is 9.37. The van der Waals surface area contributed by atoms with E-state index >= 15 is 0 Å². The van der Waals surface area contributed by atoms with Crippen LogP contribution in [0, 0.1) is 13.8 Å². The number of unbranched alkanes of at least 4 members (excludes halogenated alkanes) is 1. The standard InChI is InChI=1S/C21H29N3O2S/c1-13-10-14(2)15-6-5-9-24(17(15)11-13)19(25)8-4-3-7-18-20-16(12-27-18)22-21(26)23-20/h10-11,16,18,20H,3-9,12H2,1-2H3,(H2,22,23,26)/t16-,18-,20-/m0/s1. The number of hydrogen-bond donors (Lipinski definition) is 2. The quantitative estimate of drug-likeness (QED) is 0.602. The van der Waals surface area contributed by atoms with Gasteiger partial charge in [0.05, 0.1) is 12.1 Å². The van der Waals surface area contributed by atoms with Gasteiger partial charge in [-0.25, -0.2) is 4.79 Å². The van der Waals surface area contributed by atoms with Crippen molar-refractivity contribution >= 4 is 29.4 Å². The van der Waals surface area contributed by atoms with Crippen molar-refractivity contribution in [1.29, 1.82) is 0 Å². The van der Waals surface area contributed by atoms with Crippen LogP contribution in [0.25, 0.3) is 0 Å². The minimum Gasteiger partial charge on any atom is -0.332 e. The van der Waals surface area contributed by atoms with E-state index in [1.165, 1.54) is 16.7 Å². The van der Waals surface area contributed by atoms with E-state index in [9.17, 15) is 9.59 Å². The van der Waals surface area contributed by atoms with Crippen molar-refractivity contribution < 1.29 is 9.59 Å². The highest BCUT2D eigenvalue weighted by Gasteiger charge is 2.42. The number of carbonyl (C=O) groups excluding carboxylic acids is 2.